The molecule has 466 valence electrons. The minimum Gasteiger partial charge on any atom is -0.481 e. The molecule has 6 unspecified atom stereocenters. The number of aliphatic carboxylic acids is 1. The highest BCUT2D eigenvalue weighted by atomic mass is 16.5. The number of esters is 2. The van der Waals surface area contributed by atoms with E-state index in [9.17, 15) is 33.6 Å². The fraction of sp³-hybridized carbons (Fsp3) is 0.892. The third-order valence-electron chi connectivity index (χ3n) is 14.1. The first kappa shape index (κ1) is 86.2. The number of hydrogen-bond acceptors (Lipinski definition) is 12. The molecule has 0 aliphatic rings. The topological polar surface area (TPSA) is 197 Å². The Kier molecular flexibility index (Phi) is 81.8. The van der Waals surface area contributed by atoms with Crippen LogP contribution in [0, 0.1) is 35.5 Å². The van der Waals surface area contributed by atoms with Crippen LogP contribution in [0.3, 0.4) is 0 Å². The summed E-state index contributed by atoms with van der Waals surface area (Å²) in [4.78, 5) is 77.1. The van der Waals surface area contributed by atoms with Crippen molar-refractivity contribution in [2.24, 2.45) is 35.5 Å². The quantitative estimate of drug-likeness (QED) is 0.0332. The number of carbonyl (C=O) groups excluding carboxylic acids is 6. The smallest absolute Gasteiger partial charge is 0.306 e. The van der Waals surface area contributed by atoms with Crippen molar-refractivity contribution in [3.05, 3.63) is 0 Å². The molecule has 0 aromatic rings. The van der Waals surface area contributed by atoms with E-state index < -0.39 is 5.97 Å². The van der Waals surface area contributed by atoms with Gasteiger partial charge in [-0.3, -0.25) is 19.2 Å². The molecule has 13 nitrogen and oxygen atoms in total. The Morgan fingerprint density at radius 2 is 0.859 bits per heavy atom. The minimum absolute atomic E-state index is 0.00275. The number of unbranched alkanes of at least 4 members (excludes halogenated alkanes) is 22. The standard InChI is InChI=1S/C19H34O4.C15H28O4.C12H24O2.C9H20O.C9H18O.CH4O/c1-4-6-7-8-9-10-11-19(22)23-15-17(12-13-20)14-18(21)16(3)5-2;1-3-4-5-6-7-8-9-15(17)19-13-14(10-11-16)12-18-2;1-5-7-8-11(6-2)9(3)10(4)12(13)14;1-3-4-5-6-7-8-9-10-2;1-2-3-4-5-6-7-8-9-10;1-2/h13,16-17H,4-12,14-15H2,1-3H3;11,14H,3-10,12-13H2,1-2H3;9-11H,5-8H2,1-4H3,(H,13,14);3-9H2,1-2H3;9H,2-8H2,1H3;2H,1H3. The van der Waals surface area contributed by atoms with Crippen molar-refractivity contribution in [1.29, 1.82) is 0 Å². The van der Waals surface area contributed by atoms with Crippen molar-refractivity contribution < 1.29 is 62.7 Å². The highest BCUT2D eigenvalue weighted by molar-refractivity contribution is 5.81. The van der Waals surface area contributed by atoms with Gasteiger partial charge in [0.25, 0.3) is 0 Å². The lowest BCUT2D eigenvalue weighted by Gasteiger charge is -2.25. The molecule has 0 radical (unpaired) electrons. The van der Waals surface area contributed by atoms with Crippen molar-refractivity contribution in [1.82, 2.24) is 0 Å². The highest BCUT2D eigenvalue weighted by Gasteiger charge is 2.25. The van der Waals surface area contributed by atoms with Crippen LogP contribution >= 0.6 is 0 Å². The number of ether oxygens (including phenoxy) is 4. The Morgan fingerprint density at radius 3 is 1.23 bits per heavy atom. The van der Waals surface area contributed by atoms with Gasteiger partial charge in [0, 0.05) is 84.2 Å². The Bertz CT molecular complexity index is 1250. The summed E-state index contributed by atoms with van der Waals surface area (Å²) >= 11 is 0. The maximum atomic E-state index is 11.9. The second-order valence-corrected chi connectivity index (χ2v) is 21.2. The molecule has 0 bridgehead atoms. The van der Waals surface area contributed by atoms with E-state index in [-0.39, 0.29) is 61.0 Å². The number of ketones is 1. The van der Waals surface area contributed by atoms with E-state index in [2.05, 4.69) is 48.5 Å². The number of methoxy groups -OCH3 is 2. The summed E-state index contributed by atoms with van der Waals surface area (Å²) in [5.74, 6) is -0.433. The Morgan fingerprint density at radius 1 is 0.462 bits per heavy atom. The molecular formula is C65H128O13. The first-order chi connectivity index (χ1) is 37.7. The number of carboxylic acid groups (broad SMARTS) is 1. The van der Waals surface area contributed by atoms with Crippen LogP contribution in [0.1, 0.15) is 294 Å². The monoisotopic (exact) mass is 1120 g/mol. The molecule has 0 fully saturated rings. The second kappa shape index (κ2) is 74.0. The van der Waals surface area contributed by atoms with Gasteiger partial charge in [0.1, 0.15) is 24.6 Å². The average molecular weight is 1120 g/mol. The van der Waals surface area contributed by atoms with Crippen LogP contribution in [0.4, 0.5) is 0 Å². The number of aliphatic hydroxyl groups excluding tert-OH is 1. The molecule has 0 saturated heterocycles. The van der Waals surface area contributed by atoms with Crippen LogP contribution < -0.4 is 0 Å². The number of hydrogen-bond donors (Lipinski definition) is 2. The normalized spacial score (nSPS) is 12.6. The van der Waals surface area contributed by atoms with E-state index in [0.29, 0.717) is 44.1 Å². The van der Waals surface area contributed by atoms with Gasteiger partial charge < -0.3 is 43.5 Å². The fourth-order valence-corrected chi connectivity index (χ4v) is 8.25. The van der Waals surface area contributed by atoms with Crippen molar-refractivity contribution >= 4 is 42.5 Å². The van der Waals surface area contributed by atoms with E-state index in [1.54, 1.807) is 14.2 Å². The summed E-state index contributed by atoms with van der Waals surface area (Å²) < 4.78 is 20.3. The Labute approximate surface area is 480 Å². The zero-order chi connectivity index (χ0) is 60.3. The SMILES string of the molecule is CCCCC(CC)C(C)C(C)C(=O)O.CCCCCCCCC(=O)OCC(CC=O)CC(=O)C(C)CC.CCCCCCCCC(=O)OCC(CC=O)COC.CCCCCCCCC=O.CCCCCCCCOC.CO. The number of aldehydes is 3. The Hall–Kier alpha value is -3.03. The van der Waals surface area contributed by atoms with Crippen LogP contribution in [-0.2, 0) is 52.5 Å². The Balaban J connectivity index is -0.000000213. The van der Waals surface area contributed by atoms with Crippen LogP contribution in [-0.4, -0.2) is 101 Å². The summed E-state index contributed by atoms with van der Waals surface area (Å²) in [7, 11) is 4.35. The number of carbonyl (C=O) groups is 7. The first-order valence-electron chi connectivity index (χ1n) is 31.5. The predicted molar refractivity (Wildman–Crippen MR) is 324 cm³/mol. The minimum atomic E-state index is -0.660. The second-order valence-electron chi connectivity index (χ2n) is 21.2. The summed E-state index contributed by atoms with van der Waals surface area (Å²) in [5.41, 5.74) is 0. The van der Waals surface area contributed by atoms with Gasteiger partial charge in [0.05, 0.1) is 25.7 Å². The van der Waals surface area contributed by atoms with Crippen LogP contribution in [0.15, 0.2) is 0 Å². The summed E-state index contributed by atoms with van der Waals surface area (Å²) in [6, 6.07) is 0. The van der Waals surface area contributed by atoms with Crippen molar-refractivity contribution in [3.63, 3.8) is 0 Å². The molecule has 0 aliphatic carbocycles. The third-order valence-corrected chi connectivity index (χ3v) is 14.1. The van der Waals surface area contributed by atoms with Gasteiger partial charge in [0.15, 0.2) is 0 Å². The van der Waals surface area contributed by atoms with Crippen LogP contribution in [0.25, 0.3) is 0 Å². The van der Waals surface area contributed by atoms with Gasteiger partial charge in [-0.1, -0.05) is 223 Å². The molecule has 78 heavy (non-hydrogen) atoms. The third kappa shape index (κ3) is 69.1. The zero-order valence-electron chi connectivity index (χ0n) is 53.2. The van der Waals surface area contributed by atoms with Crippen LogP contribution in [0.2, 0.25) is 0 Å². The van der Waals surface area contributed by atoms with Gasteiger partial charge in [0.2, 0.25) is 0 Å². The molecule has 0 amide bonds. The van der Waals surface area contributed by atoms with Crippen molar-refractivity contribution in [3.8, 4) is 0 Å². The average Bonchev–Trinajstić information content (AvgIpc) is 3.44. The van der Waals surface area contributed by atoms with Gasteiger partial charge in [-0.25, -0.2) is 0 Å². The van der Waals surface area contributed by atoms with E-state index in [1.165, 1.54) is 135 Å². The molecule has 6 atom stereocenters. The molecule has 0 aromatic heterocycles. The van der Waals surface area contributed by atoms with Crippen molar-refractivity contribution in [2.75, 3.05) is 47.8 Å². The van der Waals surface area contributed by atoms with E-state index in [1.807, 2.05) is 20.8 Å². The molecule has 0 saturated carbocycles. The van der Waals surface area contributed by atoms with Gasteiger partial charge in [-0.15, -0.1) is 0 Å². The van der Waals surface area contributed by atoms with E-state index in [4.69, 9.17) is 29.2 Å². The molecule has 2 N–H and O–H groups in total. The maximum absolute atomic E-state index is 11.9. The predicted octanol–water partition coefficient (Wildman–Crippen LogP) is 16.7. The summed E-state index contributed by atoms with van der Waals surface area (Å²) in [6.45, 7) is 22.8. The summed E-state index contributed by atoms with van der Waals surface area (Å²) in [5, 5.41) is 15.9. The molecule has 0 aromatic carbocycles. The molecule has 0 heterocycles. The lowest BCUT2D eigenvalue weighted by molar-refractivity contribution is -0.146. The van der Waals surface area contributed by atoms with Crippen molar-refractivity contribution in [2.45, 2.75) is 294 Å². The fourth-order valence-electron chi connectivity index (χ4n) is 8.25. The lowest BCUT2D eigenvalue weighted by Crippen LogP contribution is -2.24. The number of rotatable bonds is 49. The maximum Gasteiger partial charge on any atom is 0.306 e. The van der Waals surface area contributed by atoms with E-state index in [0.717, 1.165) is 90.4 Å². The molecule has 0 spiro atoms. The largest absolute Gasteiger partial charge is 0.481 e. The van der Waals surface area contributed by atoms with Gasteiger partial charge in [-0.05, 0) is 43.9 Å². The van der Waals surface area contributed by atoms with Gasteiger partial charge in [-0.2, -0.15) is 0 Å². The molecular weight excluding hydrogens is 989 g/mol. The summed E-state index contributed by atoms with van der Waals surface area (Å²) in [6.07, 6.45) is 40.2. The zero-order valence-corrected chi connectivity index (χ0v) is 53.2. The first-order valence-corrected chi connectivity index (χ1v) is 31.5. The highest BCUT2D eigenvalue weighted by Crippen LogP contribution is 2.28. The number of Topliss-reactive ketones (excluding diaryl/α,β-unsaturated/α-hetero) is 1. The van der Waals surface area contributed by atoms with Crippen LogP contribution in [0.5, 0.6) is 0 Å². The van der Waals surface area contributed by atoms with E-state index >= 15 is 0 Å². The number of carboxylic acids is 1. The lowest BCUT2D eigenvalue weighted by atomic mass is 9.80. The molecule has 0 rings (SSSR count). The van der Waals surface area contributed by atoms with Gasteiger partial charge >= 0.3 is 17.9 Å². The molecule has 13 heteroatoms. The molecule has 0 aliphatic heterocycles. The number of aliphatic hydroxyl groups is 1.